The number of Topliss-reactive ketones (excluding diaryl/α,β-unsaturated/α-hetero) is 1. The predicted molar refractivity (Wildman–Crippen MR) is 64.6 cm³/mol. The van der Waals surface area contributed by atoms with Gasteiger partial charge in [-0.1, -0.05) is 30.3 Å². The molecule has 0 aliphatic carbocycles. The van der Waals surface area contributed by atoms with Crippen LogP contribution in [0.3, 0.4) is 0 Å². The van der Waals surface area contributed by atoms with E-state index in [9.17, 15) is 9.90 Å². The summed E-state index contributed by atoms with van der Waals surface area (Å²) in [5.74, 6) is 0.151. The van der Waals surface area contributed by atoms with E-state index in [1.54, 1.807) is 6.92 Å². The molecule has 0 radical (unpaired) electrons. The number of hydrogen-bond acceptors (Lipinski definition) is 3. The van der Waals surface area contributed by atoms with E-state index in [4.69, 9.17) is 0 Å². The molecule has 1 N–H and O–H groups in total. The van der Waals surface area contributed by atoms with Gasteiger partial charge in [-0.05, 0) is 14.0 Å². The third-order valence-corrected chi connectivity index (χ3v) is 2.39. The largest absolute Gasteiger partial charge is 0.392 e. The van der Waals surface area contributed by atoms with Crippen molar-refractivity contribution in [2.24, 2.45) is 0 Å². The second-order valence-corrected chi connectivity index (χ2v) is 4.15. The normalized spacial score (nSPS) is 12.8. The van der Waals surface area contributed by atoms with Gasteiger partial charge in [0.25, 0.3) is 0 Å². The van der Waals surface area contributed by atoms with Crippen molar-refractivity contribution in [3.63, 3.8) is 0 Å². The molecule has 0 fully saturated rings. The van der Waals surface area contributed by atoms with Crippen LogP contribution in [0.25, 0.3) is 0 Å². The number of aliphatic hydroxyl groups is 1. The second kappa shape index (κ2) is 6.40. The highest BCUT2D eigenvalue weighted by Gasteiger charge is 2.08. The monoisotopic (exact) mass is 221 g/mol. The van der Waals surface area contributed by atoms with Crippen molar-refractivity contribution < 1.29 is 9.90 Å². The van der Waals surface area contributed by atoms with Crippen LogP contribution in [0.4, 0.5) is 0 Å². The van der Waals surface area contributed by atoms with Crippen molar-refractivity contribution in [2.45, 2.75) is 19.4 Å². The van der Waals surface area contributed by atoms with Crippen LogP contribution < -0.4 is 0 Å². The first-order valence-corrected chi connectivity index (χ1v) is 5.54. The first kappa shape index (κ1) is 12.9. The molecule has 3 nitrogen and oxygen atoms in total. The topological polar surface area (TPSA) is 40.5 Å². The molecule has 1 atom stereocenters. The number of benzene rings is 1. The van der Waals surface area contributed by atoms with Gasteiger partial charge in [0.2, 0.25) is 0 Å². The fraction of sp³-hybridized carbons (Fsp3) is 0.462. The Kier molecular flexibility index (Phi) is 5.15. The van der Waals surface area contributed by atoms with E-state index in [1.807, 2.05) is 42.3 Å². The molecule has 0 spiro atoms. The van der Waals surface area contributed by atoms with Crippen LogP contribution in [0.15, 0.2) is 30.3 Å². The SMILES string of the molecule is C[C@@H](O)CN(C)CCC(=O)c1ccccc1. The van der Waals surface area contributed by atoms with Crippen LogP contribution in [0.5, 0.6) is 0 Å². The minimum atomic E-state index is -0.350. The molecule has 3 heteroatoms. The first-order chi connectivity index (χ1) is 7.59. The van der Waals surface area contributed by atoms with Crippen LogP contribution in [0.1, 0.15) is 23.7 Å². The summed E-state index contributed by atoms with van der Waals surface area (Å²) in [6, 6.07) is 9.30. The number of nitrogens with zero attached hydrogens (tertiary/aromatic N) is 1. The molecule has 0 aliphatic heterocycles. The lowest BCUT2D eigenvalue weighted by atomic mass is 10.1. The lowest BCUT2D eigenvalue weighted by molar-refractivity contribution is 0.0948. The van der Waals surface area contributed by atoms with Gasteiger partial charge in [-0.25, -0.2) is 0 Å². The molecule has 1 aromatic carbocycles. The first-order valence-electron chi connectivity index (χ1n) is 5.54. The van der Waals surface area contributed by atoms with Gasteiger partial charge in [0.05, 0.1) is 6.10 Å². The van der Waals surface area contributed by atoms with Crippen LogP contribution in [-0.4, -0.2) is 42.0 Å². The highest BCUT2D eigenvalue weighted by molar-refractivity contribution is 5.96. The highest BCUT2D eigenvalue weighted by atomic mass is 16.3. The van der Waals surface area contributed by atoms with E-state index in [0.717, 1.165) is 5.56 Å². The molecule has 0 aromatic heterocycles. The molecule has 0 amide bonds. The number of rotatable bonds is 6. The fourth-order valence-corrected chi connectivity index (χ4v) is 1.60. The van der Waals surface area contributed by atoms with Crippen molar-refractivity contribution in [2.75, 3.05) is 20.1 Å². The maximum absolute atomic E-state index is 11.7. The minimum Gasteiger partial charge on any atom is -0.392 e. The lowest BCUT2D eigenvalue weighted by Gasteiger charge is -2.17. The average molecular weight is 221 g/mol. The molecule has 0 saturated carbocycles. The maximum Gasteiger partial charge on any atom is 0.164 e. The van der Waals surface area contributed by atoms with Crippen molar-refractivity contribution in [3.05, 3.63) is 35.9 Å². The van der Waals surface area contributed by atoms with Gasteiger partial charge >= 0.3 is 0 Å². The zero-order chi connectivity index (χ0) is 12.0. The number of likely N-dealkylation sites (N-methyl/N-ethyl adjacent to an activating group) is 1. The summed E-state index contributed by atoms with van der Waals surface area (Å²) in [6.45, 7) is 3.02. The van der Waals surface area contributed by atoms with Gasteiger partial charge in [0.1, 0.15) is 0 Å². The molecular formula is C13H19NO2. The summed E-state index contributed by atoms with van der Waals surface area (Å²) in [5, 5.41) is 9.18. The quantitative estimate of drug-likeness (QED) is 0.741. The number of ketones is 1. The Morgan fingerprint density at radius 2 is 2.00 bits per heavy atom. The lowest BCUT2D eigenvalue weighted by Crippen LogP contribution is -2.29. The Balaban J connectivity index is 2.36. The number of carbonyl (C=O) groups is 1. The molecule has 0 saturated heterocycles. The van der Waals surface area contributed by atoms with E-state index >= 15 is 0 Å². The van der Waals surface area contributed by atoms with Crippen LogP contribution in [0.2, 0.25) is 0 Å². The average Bonchev–Trinajstić information content (AvgIpc) is 2.26. The zero-order valence-electron chi connectivity index (χ0n) is 9.89. The van der Waals surface area contributed by atoms with E-state index in [1.165, 1.54) is 0 Å². The second-order valence-electron chi connectivity index (χ2n) is 4.15. The summed E-state index contributed by atoms with van der Waals surface area (Å²) in [7, 11) is 1.91. The summed E-state index contributed by atoms with van der Waals surface area (Å²) >= 11 is 0. The smallest absolute Gasteiger partial charge is 0.164 e. The third-order valence-electron chi connectivity index (χ3n) is 2.39. The molecular weight excluding hydrogens is 202 g/mol. The molecule has 0 heterocycles. The zero-order valence-corrected chi connectivity index (χ0v) is 9.89. The van der Waals surface area contributed by atoms with Crippen molar-refractivity contribution in [1.82, 2.24) is 4.90 Å². The Hall–Kier alpha value is -1.19. The maximum atomic E-state index is 11.7. The van der Waals surface area contributed by atoms with Crippen molar-refractivity contribution in [1.29, 1.82) is 0 Å². The van der Waals surface area contributed by atoms with Crippen molar-refractivity contribution >= 4 is 5.78 Å². The van der Waals surface area contributed by atoms with Gasteiger partial charge in [-0.15, -0.1) is 0 Å². The molecule has 0 unspecified atom stereocenters. The van der Waals surface area contributed by atoms with Crippen LogP contribution >= 0.6 is 0 Å². The summed E-state index contributed by atoms with van der Waals surface area (Å²) < 4.78 is 0. The van der Waals surface area contributed by atoms with E-state index < -0.39 is 0 Å². The standard InChI is InChI=1S/C13H19NO2/c1-11(15)10-14(2)9-8-13(16)12-6-4-3-5-7-12/h3-7,11,15H,8-10H2,1-2H3/t11-/m1/s1. The summed E-state index contributed by atoms with van der Waals surface area (Å²) in [6.07, 6.45) is 0.143. The Morgan fingerprint density at radius 3 is 2.56 bits per heavy atom. The Labute approximate surface area is 96.7 Å². The Bertz CT molecular complexity index is 322. The van der Waals surface area contributed by atoms with Crippen LogP contribution in [0, 0.1) is 0 Å². The molecule has 1 rings (SSSR count). The predicted octanol–water partition coefficient (Wildman–Crippen LogP) is 1.57. The van der Waals surface area contributed by atoms with E-state index in [2.05, 4.69) is 0 Å². The van der Waals surface area contributed by atoms with Crippen LogP contribution in [-0.2, 0) is 0 Å². The summed E-state index contributed by atoms with van der Waals surface area (Å²) in [5.41, 5.74) is 0.757. The van der Waals surface area contributed by atoms with Gasteiger partial charge in [-0.3, -0.25) is 4.79 Å². The minimum absolute atomic E-state index is 0.151. The molecule has 1 aromatic rings. The number of carbonyl (C=O) groups excluding carboxylic acids is 1. The van der Waals surface area contributed by atoms with Gasteiger partial charge in [0.15, 0.2) is 5.78 Å². The Morgan fingerprint density at radius 1 is 1.38 bits per heavy atom. The fourth-order valence-electron chi connectivity index (χ4n) is 1.60. The highest BCUT2D eigenvalue weighted by Crippen LogP contribution is 2.03. The van der Waals surface area contributed by atoms with Gasteiger partial charge in [-0.2, -0.15) is 0 Å². The van der Waals surface area contributed by atoms with Gasteiger partial charge in [0, 0.05) is 25.1 Å². The third kappa shape index (κ3) is 4.55. The summed E-state index contributed by atoms with van der Waals surface area (Å²) in [4.78, 5) is 13.7. The van der Waals surface area contributed by atoms with E-state index in [-0.39, 0.29) is 11.9 Å². The van der Waals surface area contributed by atoms with E-state index in [0.29, 0.717) is 19.5 Å². The van der Waals surface area contributed by atoms with Gasteiger partial charge < -0.3 is 10.0 Å². The molecule has 16 heavy (non-hydrogen) atoms. The van der Waals surface area contributed by atoms with Crippen molar-refractivity contribution in [3.8, 4) is 0 Å². The molecule has 0 bridgehead atoms. The number of aliphatic hydroxyl groups excluding tert-OH is 1. The molecule has 88 valence electrons. The molecule has 0 aliphatic rings. The number of hydrogen-bond donors (Lipinski definition) is 1.